The highest BCUT2D eigenvalue weighted by Crippen LogP contribution is 2.38. The van der Waals surface area contributed by atoms with Crippen molar-refractivity contribution < 1.29 is 23.0 Å². The van der Waals surface area contributed by atoms with E-state index in [0.717, 1.165) is 6.07 Å². The Morgan fingerprint density at radius 3 is 2.54 bits per heavy atom. The highest BCUT2D eigenvalue weighted by Gasteiger charge is 2.38. The fraction of sp³-hybridized carbons (Fsp3) is 0.350. The fourth-order valence-electron chi connectivity index (χ4n) is 2.96. The molecule has 0 aromatic heterocycles. The first-order valence-electron chi connectivity index (χ1n) is 8.55. The molecule has 2 aromatic carbocycles. The second-order valence-electron chi connectivity index (χ2n) is 6.67. The molecule has 0 unspecified atom stereocenters. The minimum atomic E-state index is -1.09. The maximum Gasteiger partial charge on any atom is 0.268 e. The van der Waals surface area contributed by atoms with Crippen LogP contribution in [-0.2, 0) is 4.79 Å². The van der Waals surface area contributed by atoms with Gasteiger partial charge in [0.15, 0.2) is 17.7 Å². The van der Waals surface area contributed by atoms with Crippen molar-refractivity contribution in [1.82, 2.24) is 0 Å². The van der Waals surface area contributed by atoms with E-state index in [1.165, 1.54) is 11.0 Å². The van der Waals surface area contributed by atoms with Crippen LogP contribution in [0.25, 0.3) is 0 Å². The van der Waals surface area contributed by atoms with Crippen LogP contribution in [0.15, 0.2) is 42.5 Å². The summed E-state index contributed by atoms with van der Waals surface area (Å²) in [6.07, 6.45) is -0.765. The number of anilines is 1. The molecule has 0 radical (unpaired) electrons. The third kappa shape index (κ3) is 3.36. The third-order valence-corrected chi connectivity index (χ3v) is 4.29. The van der Waals surface area contributed by atoms with Crippen LogP contribution in [0, 0.1) is 17.6 Å². The summed E-state index contributed by atoms with van der Waals surface area (Å²) in [4.78, 5) is 14.7. The van der Waals surface area contributed by atoms with E-state index in [1.54, 1.807) is 19.1 Å². The maximum atomic E-state index is 14.1. The number of para-hydroxylation sites is 1. The van der Waals surface area contributed by atoms with Crippen LogP contribution in [0.4, 0.5) is 14.5 Å². The minimum absolute atomic E-state index is 0.0786. The smallest absolute Gasteiger partial charge is 0.268 e. The molecular weight excluding hydrogens is 340 g/mol. The predicted octanol–water partition coefficient (Wildman–Crippen LogP) is 4.18. The molecule has 1 aliphatic heterocycles. The number of carbonyl (C=O) groups is 1. The van der Waals surface area contributed by atoms with Crippen LogP contribution in [0.1, 0.15) is 20.8 Å². The zero-order valence-electron chi connectivity index (χ0n) is 14.9. The van der Waals surface area contributed by atoms with Crippen molar-refractivity contribution in [2.45, 2.75) is 32.9 Å². The summed E-state index contributed by atoms with van der Waals surface area (Å²) < 4.78 is 38.9. The van der Waals surface area contributed by atoms with Crippen LogP contribution in [0.3, 0.4) is 0 Å². The summed E-state index contributed by atoms with van der Waals surface area (Å²) in [6, 6.07) is 11.1. The number of carbonyl (C=O) groups excluding carboxylic acids is 1. The van der Waals surface area contributed by atoms with E-state index in [1.807, 2.05) is 32.0 Å². The van der Waals surface area contributed by atoms with Crippen LogP contribution < -0.4 is 14.4 Å². The van der Waals surface area contributed by atoms with Gasteiger partial charge in [-0.15, -0.1) is 0 Å². The predicted molar refractivity (Wildman–Crippen MR) is 94.5 cm³/mol. The molecule has 0 N–H and O–H groups in total. The lowest BCUT2D eigenvalue weighted by Crippen LogP contribution is -2.52. The minimum Gasteiger partial charge on any atom is -0.486 e. The number of hydrogen-bond acceptors (Lipinski definition) is 3. The summed E-state index contributed by atoms with van der Waals surface area (Å²) in [7, 11) is 0. The Balaban J connectivity index is 1.96. The molecule has 1 heterocycles. The molecule has 0 saturated carbocycles. The molecule has 4 nitrogen and oxygen atoms in total. The lowest BCUT2D eigenvalue weighted by atomic mass is 10.0. The molecule has 0 saturated heterocycles. The van der Waals surface area contributed by atoms with E-state index in [0.29, 0.717) is 5.75 Å². The summed E-state index contributed by atoms with van der Waals surface area (Å²) in [5.74, 6) is -2.19. The van der Waals surface area contributed by atoms with E-state index in [2.05, 4.69) is 0 Å². The number of ether oxygens (including phenoxy) is 2. The van der Waals surface area contributed by atoms with Gasteiger partial charge in [0, 0.05) is 0 Å². The first kappa shape index (κ1) is 18.2. The number of hydrogen-bond donors (Lipinski definition) is 0. The van der Waals surface area contributed by atoms with Gasteiger partial charge in [0.05, 0.1) is 11.7 Å². The van der Waals surface area contributed by atoms with Gasteiger partial charge in [-0.2, -0.15) is 4.39 Å². The first-order valence-corrected chi connectivity index (χ1v) is 8.55. The van der Waals surface area contributed by atoms with E-state index in [4.69, 9.17) is 9.47 Å². The van der Waals surface area contributed by atoms with Gasteiger partial charge in [-0.1, -0.05) is 32.0 Å². The quantitative estimate of drug-likeness (QED) is 0.820. The topological polar surface area (TPSA) is 38.8 Å². The number of amides is 1. The molecule has 0 aliphatic carbocycles. The van der Waals surface area contributed by atoms with Crippen LogP contribution >= 0.6 is 0 Å². The fourth-order valence-corrected chi connectivity index (χ4v) is 2.96. The normalized spacial score (nSPS) is 17.5. The van der Waals surface area contributed by atoms with Crippen molar-refractivity contribution in [3.05, 3.63) is 54.1 Å². The van der Waals surface area contributed by atoms with Gasteiger partial charge >= 0.3 is 0 Å². The molecule has 0 fully saturated rings. The first-order chi connectivity index (χ1) is 12.4. The van der Waals surface area contributed by atoms with Gasteiger partial charge in [0.2, 0.25) is 5.82 Å². The molecular formula is C20H21F2NO3. The second kappa shape index (κ2) is 7.32. The van der Waals surface area contributed by atoms with Crippen LogP contribution in [0.5, 0.6) is 11.5 Å². The summed E-state index contributed by atoms with van der Waals surface area (Å²) in [5.41, 5.74) is 0.218. The molecule has 26 heavy (non-hydrogen) atoms. The zero-order valence-corrected chi connectivity index (χ0v) is 14.9. The van der Waals surface area contributed by atoms with Gasteiger partial charge < -0.3 is 9.47 Å². The lowest BCUT2D eigenvalue weighted by Gasteiger charge is -2.37. The Labute approximate surface area is 151 Å². The molecule has 1 aliphatic rings. The largest absolute Gasteiger partial charge is 0.486 e. The number of fused-ring (bicyclic) bond motifs is 1. The van der Waals surface area contributed by atoms with Crippen molar-refractivity contribution >= 4 is 11.6 Å². The Kier molecular flexibility index (Phi) is 5.11. The SMILES string of the molecule is CC(C)[C@H](Oc1ccccc1)C(=O)N1c2ccc(F)c(F)c2OC[C@H]1C. The van der Waals surface area contributed by atoms with Crippen molar-refractivity contribution in [3.8, 4) is 11.5 Å². The van der Waals surface area contributed by atoms with Crippen molar-refractivity contribution in [1.29, 1.82) is 0 Å². The molecule has 138 valence electrons. The number of nitrogens with zero attached hydrogens (tertiary/aromatic N) is 1. The molecule has 3 rings (SSSR count). The second-order valence-corrected chi connectivity index (χ2v) is 6.67. The van der Waals surface area contributed by atoms with Gasteiger partial charge in [-0.25, -0.2) is 4.39 Å². The summed E-state index contributed by atoms with van der Waals surface area (Å²) >= 11 is 0. The molecule has 2 atom stereocenters. The van der Waals surface area contributed by atoms with E-state index in [-0.39, 0.29) is 35.9 Å². The van der Waals surface area contributed by atoms with Gasteiger partial charge in [-0.05, 0) is 37.1 Å². The summed E-state index contributed by atoms with van der Waals surface area (Å²) in [6.45, 7) is 5.63. The Bertz CT molecular complexity index is 795. The van der Waals surface area contributed by atoms with E-state index < -0.39 is 17.7 Å². The van der Waals surface area contributed by atoms with Gasteiger partial charge in [-0.3, -0.25) is 9.69 Å². The monoisotopic (exact) mass is 361 g/mol. The molecule has 1 amide bonds. The van der Waals surface area contributed by atoms with Crippen LogP contribution in [-0.4, -0.2) is 24.7 Å². The molecule has 0 bridgehead atoms. The number of halogens is 2. The van der Waals surface area contributed by atoms with Crippen LogP contribution in [0.2, 0.25) is 0 Å². The average molecular weight is 361 g/mol. The average Bonchev–Trinajstić information content (AvgIpc) is 2.63. The van der Waals surface area contributed by atoms with E-state index in [9.17, 15) is 13.6 Å². The van der Waals surface area contributed by atoms with Crippen molar-refractivity contribution in [2.24, 2.45) is 5.92 Å². The van der Waals surface area contributed by atoms with Crippen molar-refractivity contribution in [2.75, 3.05) is 11.5 Å². The zero-order chi connectivity index (χ0) is 18.8. The highest BCUT2D eigenvalue weighted by atomic mass is 19.2. The Hall–Kier alpha value is -2.63. The maximum absolute atomic E-state index is 14.1. The van der Waals surface area contributed by atoms with E-state index >= 15 is 0 Å². The highest BCUT2D eigenvalue weighted by molar-refractivity contribution is 5.99. The van der Waals surface area contributed by atoms with Gasteiger partial charge in [0.1, 0.15) is 12.4 Å². The third-order valence-electron chi connectivity index (χ3n) is 4.29. The number of benzene rings is 2. The van der Waals surface area contributed by atoms with Gasteiger partial charge in [0.25, 0.3) is 5.91 Å². The Morgan fingerprint density at radius 1 is 1.19 bits per heavy atom. The molecule has 6 heteroatoms. The van der Waals surface area contributed by atoms with Crippen molar-refractivity contribution in [3.63, 3.8) is 0 Å². The summed E-state index contributed by atoms with van der Waals surface area (Å²) in [5, 5.41) is 0. The number of rotatable bonds is 4. The lowest BCUT2D eigenvalue weighted by molar-refractivity contribution is -0.127. The molecule has 2 aromatic rings. The molecule has 0 spiro atoms. The Morgan fingerprint density at radius 2 is 1.88 bits per heavy atom. The standard InChI is InChI=1S/C20H21F2NO3/c1-12(2)18(26-14-7-5-4-6-8-14)20(24)23-13(3)11-25-19-16(23)10-9-15(21)17(19)22/h4-10,12-13,18H,11H2,1-3H3/t13-,18+/m1/s1.